The van der Waals surface area contributed by atoms with Crippen molar-refractivity contribution in [1.82, 2.24) is 4.41 Å². The Bertz CT molecular complexity index is 482. The van der Waals surface area contributed by atoms with Gasteiger partial charge in [0.25, 0.3) is 0 Å². The molecule has 7 nitrogen and oxygen atoms in total. The number of methoxy groups -OCH3 is 1. The quantitative estimate of drug-likeness (QED) is 0.570. The second-order valence-electron chi connectivity index (χ2n) is 2.85. The molecule has 0 radical (unpaired) electrons. The first-order valence-electron chi connectivity index (χ1n) is 4.17. The molecule has 1 aromatic rings. The van der Waals surface area contributed by atoms with E-state index in [1.165, 1.54) is 31.4 Å². The van der Waals surface area contributed by atoms with Gasteiger partial charge in [-0.1, -0.05) is 0 Å². The highest BCUT2D eigenvalue weighted by molar-refractivity contribution is 7.89. The topological polar surface area (TPSA) is 89.8 Å². The monoisotopic (exact) mass is 246 g/mol. The number of hydrogen-bond donors (Lipinski definition) is 0. The van der Waals surface area contributed by atoms with Crippen molar-refractivity contribution < 1.29 is 18.2 Å². The van der Waals surface area contributed by atoms with E-state index in [1.807, 2.05) is 0 Å². The van der Waals surface area contributed by atoms with Crippen LogP contribution in [0.15, 0.2) is 29.2 Å². The number of rotatable bonds is 4. The van der Waals surface area contributed by atoms with E-state index >= 15 is 0 Å². The third kappa shape index (κ3) is 2.22. The van der Waals surface area contributed by atoms with Crippen LogP contribution < -0.4 is 4.74 Å². The van der Waals surface area contributed by atoms with E-state index < -0.39 is 15.1 Å². The van der Waals surface area contributed by atoms with Crippen molar-refractivity contribution in [2.24, 2.45) is 0 Å². The first-order valence-corrected chi connectivity index (χ1v) is 5.61. The second kappa shape index (κ2) is 4.35. The van der Waals surface area contributed by atoms with Crippen LogP contribution in [0.1, 0.15) is 0 Å². The van der Waals surface area contributed by atoms with E-state index in [9.17, 15) is 18.5 Å². The van der Waals surface area contributed by atoms with Gasteiger partial charge in [0.05, 0.1) is 19.1 Å². The molecule has 0 aliphatic heterocycles. The molecule has 88 valence electrons. The predicted octanol–water partition coefficient (Wildman–Crippen LogP) is 0.507. The third-order valence-corrected chi connectivity index (χ3v) is 3.63. The average molecular weight is 246 g/mol. The molecule has 0 heterocycles. The van der Waals surface area contributed by atoms with Gasteiger partial charge in [0, 0.05) is 0 Å². The first-order chi connectivity index (χ1) is 7.39. The molecule has 0 fully saturated rings. The Hall–Kier alpha value is -1.83. The molecule has 0 atom stereocenters. The van der Waals surface area contributed by atoms with Gasteiger partial charge in [-0.3, -0.25) is 0 Å². The van der Waals surface area contributed by atoms with Crippen molar-refractivity contribution in [1.29, 1.82) is 0 Å². The fourth-order valence-electron chi connectivity index (χ4n) is 0.988. The summed E-state index contributed by atoms with van der Waals surface area (Å²) in [6.45, 7) is 0. The van der Waals surface area contributed by atoms with Crippen molar-refractivity contribution in [3.63, 3.8) is 0 Å². The number of nitrogens with zero attached hydrogens (tertiary/aromatic N) is 2. The van der Waals surface area contributed by atoms with Gasteiger partial charge >= 0.3 is 10.0 Å². The Kier molecular flexibility index (Phi) is 3.33. The smallest absolute Gasteiger partial charge is 0.313 e. The molecule has 0 unspecified atom stereocenters. The standard InChI is InChI=1S/C8H10N2O5S/c1-9(10(11)12)16(13,14)8-5-3-7(15-2)4-6-8/h3-6H,1-2H3. The number of hydrazine groups is 1. The van der Waals surface area contributed by atoms with E-state index in [4.69, 9.17) is 4.74 Å². The zero-order valence-corrected chi connectivity index (χ0v) is 9.47. The van der Waals surface area contributed by atoms with E-state index in [2.05, 4.69) is 0 Å². The van der Waals surface area contributed by atoms with Crippen LogP contribution in [0.3, 0.4) is 0 Å². The molecule has 0 N–H and O–H groups in total. The highest BCUT2D eigenvalue weighted by atomic mass is 32.2. The molecule has 0 saturated carbocycles. The van der Waals surface area contributed by atoms with Crippen molar-refractivity contribution >= 4 is 10.0 Å². The second-order valence-corrected chi connectivity index (χ2v) is 4.80. The SMILES string of the molecule is COc1ccc(S(=O)(=O)N(C)[N+](=O)[O-])cc1. The van der Waals surface area contributed by atoms with Gasteiger partial charge < -0.3 is 4.74 Å². The van der Waals surface area contributed by atoms with Crippen molar-refractivity contribution in [3.8, 4) is 5.75 Å². The maximum atomic E-state index is 11.6. The lowest BCUT2D eigenvalue weighted by atomic mass is 10.3. The van der Waals surface area contributed by atoms with Gasteiger partial charge in [0.15, 0.2) is 5.03 Å². The van der Waals surface area contributed by atoms with Crippen LogP contribution in [-0.4, -0.2) is 32.0 Å². The Morgan fingerprint density at radius 3 is 2.19 bits per heavy atom. The zero-order chi connectivity index (χ0) is 12.3. The van der Waals surface area contributed by atoms with Gasteiger partial charge in [-0.15, -0.1) is 0 Å². The number of ether oxygens (including phenoxy) is 1. The Labute approximate surface area is 92.4 Å². The van der Waals surface area contributed by atoms with Crippen molar-refractivity contribution in [3.05, 3.63) is 34.4 Å². The summed E-state index contributed by atoms with van der Waals surface area (Å²) in [6.07, 6.45) is 0. The summed E-state index contributed by atoms with van der Waals surface area (Å²) in [5, 5.41) is 9.37. The van der Waals surface area contributed by atoms with Crippen LogP contribution in [0.4, 0.5) is 0 Å². The molecule has 1 aromatic carbocycles. The Morgan fingerprint density at radius 1 is 1.31 bits per heavy atom. The maximum Gasteiger partial charge on any atom is 0.313 e. The van der Waals surface area contributed by atoms with Crippen LogP contribution in [0, 0.1) is 10.1 Å². The molecule has 8 heteroatoms. The highest BCUT2D eigenvalue weighted by Gasteiger charge is 2.28. The molecule has 0 amide bonds. The van der Waals surface area contributed by atoms with E-state index in [1.54, 1.807) is 0 Å². The summed E-state index contributed by atoms with van der Waals surface area (Å²) in [5.74, 6) is 0.475. The lowest BCUT2D eigenvalue weighted by Gasteiger charge is -2.09. The van der Waals surface area contributed by atoms with Gasteiger partial charge in [0.1, 0.15) is 5.75 Å². The number of hydrogen-bond acceptors (Lipinski definition) is 5. The normalized spacial score (nSPS) is 10.9. The molecule has 0 aromatic heterocycles. The molecule has 1 rings (SSSR count). The minimum Gasteiger partial charge on any atom is -0.497 e. The van der Waals surface area contributed by atoms with Gasteiger partial charge in [-0.2, -0.15) is 8.42 Å². The molecule has 0 saturated heterocycles. The van der Waals surface area contributed by atoms with Gasteiger partial charge in [-0.25, -0.2) is 10.1 Å². The third-order valence-electron chi connectivity index (χ3n) is 1.94. The summed E-state index contributed by atoms with van der Waals surface area (Å²) in [7, 11) is -1.77. The molecule has 0 spiro atoms. The molecule has 16 heavy (non-hydrogen) atoms. The Morgan fingerprint density at radius 2 is 1.81 bits per heavy atom. The Balaban J connectivity index is 3.13. The van der Waals surface area contributed by atoms with Gasteiger partial charge in [0.2, 0.25) is 0 Å². The molecular weight excluding hydrogens is 236 g/mol. The van der Waals surface area contributed by atoms with E-state index in [-0.39, 0.29) is 9.31 Å². The van der Waals surface area contributed by atoms with Crippen LogP contribution in [0.2, 0.25) is 0 Å². The molecular formula is C8H10N2O5S. The first kappa shape index (κ1) is 12.2. The summed E-state index contributed by atoms with van der Waals surface area (Å²) in [6, 6.07) is 5.32. The summed E-state index contributed by atoms with van der Waals surface area (Å²) < 4.78 is 28.1. The zero-order valence-electron chi connectivity index (χ0n) is 8.65. The average Bonchev–Trinajstić information content (AvgIpc) is 2.28. The minimum atomic E-state index is -4.08. The van der Waals surface area contributed by atoms with Crippen LogP contribution in [0.25, 0.3) is 0 Å². The fraction of sp³-hybridized carbons (Fsp3) is 0.250. The molecule has 0 aliphatic carbocycles. The summed E-state index contributed by atoms with van der Waals surface area (Å²) in [4.78, 5) is 10.2. The van der Waals surface area contributed by atoms with Crippen molar-refractivity contribution in [2.75, 3.05) is 14.2 Å². The molecule has 0 aliphatic rings. The van der Waals surface area contributed by atoms with Gasteiger partial charge in [-0.05, 0) is 28.7 Å². The van der Waals surface area contributed by atoms with Crippen LogP contribution in [0.5, 0.6) is 5.75 Å². The van der Waals surface area contributed by atoms with E-state index in [0.29, 0.717) is 5.75 Å². The largest absolute Gasteiger partial charge is 0.497 e. The summed E-state index contributed by atoms with van der Waals surface area (Å²) in [5.41, 5.74) is 0. The highest BCUT2D eigenvalue weighted by Crippen LogP contribution is 2.18. The number of sulfonamides is 1. The lowest BCUT2D eigenvalue weighted by Crippen LogP contribution is -2.32. The van der Waals surface area contributed by atoms with Crippen LogP contribution in [-0.2, 0) is 10.0 Å². The van der Waals surface area contributed by atoms with Crippen molar-refractivity contribution in [2.45, 2.75) is 4.90 Å². The molecule has 0 bridgehead atoms. The predicted molar refractivity (Wildman–Crippen MR) is 54.9 cm³/mol. The summed E-state index contributed by atoms with van der Waals surface area (Å²) >= 11 is 0. The fourth-order valence-corrected chi connectivity index (χ4v) is 1.95. The number of nitro groups is 1. The maximum absolute atomic E-state index is 11.6. The lowest BCUT2D eigenvalue weighted by molar-refractivity contribution is -0.613. The van der Waals surface area contributed by atoms with E-state index in [0.717, 1.165) is 7.05 Å². The minimum absolute atomic E-state index is 0.0643. The number of benzene rings is 1. The van der Waals surface area contributed by atoms with Crippen LogP contribution >= 0.6 is 0 Å².